The number of nitrogens with two attached hydrogens (primary N) is 1. The summed E-state index contributed by atoms with van der Waals surface area (Å²) in [5, 5.41) is 0.550. The first-order chi connectivity index (χ1) is 8.56. The van der Waals surface area contributed by atoms with Crippen LogP contribution in [-0.4, -0.2) is 47.7 Å². The number of morpholine rings is 1. The molecule has 18 heavy (non-hydrogen) atoms. The quantitative estimate of drug-likeness (QED) is 0.854. The molecule has 0 saturated carbocycles. The fourth-order valence-electron chi connectivity index (χ4n) is 1.93. The summed E-state index contributed by atoms with van der Waals surface area (Å²) in [5.41, 5.74) is 6.34. The third-order valence-electron chi connectivity index (χ3n) is 2.90. The van der Waals surface area contributed by atoms with E-state index in [1.807, 2.05) is 7.05 Å². The lowest BCUT2D eigenvalue weighted by atomic mass is 10.3. The number of nitrogen functional groups attached to an aromatic ring is 1. The molecule has 0 amide bonds. The van der Waals surface area contributed by atoms with Crippen LogP contribution in [0.25, 0.3) is 0 Å². The molecule has 2 atom stereocenters. The maximum atomic E-state index is 12.3. The van der Waals surface area contributed by atoms with Crippen molar-refractivity contribution in [1.82, 2.24) is 4.90 Å². The van der Waals surface area contributed by atoms with Crippen molar-refractivity contribution in [2.24, 2.45) is 0 Å². The summed E-state index contributed by atoms with van der Waals surface area (Å²) in [7, 11) is 0.855. The van der Waals surface area contributed by atoms with E-state index in [0.717, 1.165) is 13.1 Å². The number of halogens is 1. The van der Waals surface area contributed by atoms with Crippen LogP contribution in [0.4, 0.5) is 5.69 Å². The molecule has 1 aliphatic rings. The van der Waals surface area contributed by atoms with Gasteiger partial charge in [0.15, 0.2) is 0 Å². The minimum atomic E-state index is -1.18. The van der Waals surface area contributed by atoms with Crippen LogP contribution >= 0.6 is 11.6 Å². The maximum absolute atomic E-state index is 12.3. The number of nitrogens with zero attached hydrogens (tertiary/aromatic N) is 1. The van der Waals surface area contributed by atoms with E-state index < -0.39 is 10.8 Å². The van der Waals surface area contributed by atoms with Gasteiger partial charge in [-0.2, -0.15) is 0 Å². The van der Waals surface area contributed by atoms with Crippen molar-refractivity contribution in [3.8, 4) is 0 Å². The average molecular weight is 289 g/mol. The Balaban J connectivity index is 2.05. The van der Waals surface area contributed by atoms with Crippen LogP contribution in [-0.2, 0) is 15.5 Å². The number of rotatable bonds is 3. The highest BCUT2D eigenvalue weighted by atomic mass is 35.5. The van der Waals surface area contributed by atoms with Gasteiger partial charge in [-0.3, -0.25) is 4.21 Å². The first-order valence-electron chi connectivity index (χ1n) is 5.80. The normalized spacial score (nSPS) is 22.9. The number of hydrogen-bond donors (Lipinski definition) is 1. The van der Waals surface area contributed by atoms with Gasteiger partial charge in [0, 0.05) is 23.8 Å². The van der Waals surface area contributed by atoms with Gasteiger partial charge in [-0.15, -0.1) is 0 Å². The Kier molecular flexibility index (Phi) is 4.61. The van der Waals surface area contributed by atoms with Gasteiger partial charge >= 0.3 is 0 Å². The zero-order valence-electron chi connectivity index (χ0n) is 10.3. The van der Waals surface area contributed by atoms with E-state index in [9.17, 15) is 4.21 Å². The maximum Gasteiger partial charge on any atom is 0.0821 e. The zero-order valence-corrected chi connectivity index (χ0v) is 11.8. The number of benzene rings is 1. The first-order valence-corrected chi connectivity index (χ1v) is 7.49. The van der Waals surface area contributed by atoms with E-state index in [-0.39, 0.29) is 6.10 Å². The van der Waals surface area contributed by atoms with Crippen LogP contribution in [0.15, 0.2) is 23.1 Å². The van der Waals surface area contributed by atoms with Crippen molar-refractivity contribution >= 4 is 28.1 Å². The predicted molar refractivity (Wildman–Crippen MR) is 74.4 cm³/mol. The van der Waals surface area contributed by atoms with E-state index in [2.05, 4.69) is 4.90 Å². The molecule has 0 aliphatic carbocycles. The molecule has 1 aliphatic heterocycles. The molecule has 0 aromatic heterocycles. The van der Waals surface area contributed by atoms with E-state index in [4.69, 9.17) is 22.1 Å². The Hall–Kier alpha value is -0.620. The van der Waals surface area contributed by atoms with Gasteiger partial charge in [0.2, 0.25) is 0 Å². The largest absolute Gasteiger partial charge is 0.398 e. The van der Waals surface area contributed by atoms with Gasteiger partial charge in [-0.05, 0) is 25.2 Å². The second-order valence-corrected chi connectivity index (χ2v) is 6.35. The van der Waals surface area contributed by atoms with E-state index >= 15 is 0 Å². The van der Waals surface area contributed by atoms with Gasteiger partial charge in [-0.25, -0.2) is 0 Å². The lowest BCUT2D eigenvalue weighted by Gasteiger charge is -2.29. The number of anilines is 1. The third kappa shape index (κ3) is 3.45. The van der Waals surface area contributed by atoms with Crippen molar-refractivity contribution in [3.05, 3.63) is 23.2 Å². The van der Waals surface area contributed by atoms with Crippen molar-refractivity contribution in [2.45, 2.75) is 11.0 Å². The Morgan fingerprint density at radius 1 is 1.61 bits per heavy atom. The van der Waals surface area contributed by atoms with Crippen LogP contribution in [0.2, 0.25) is 5.02 Å². The topological polar surface area (TPSA) is 55.6 Å². The van der Waals surface area contributed by atoms with Gasteiger partial charge in [0.25, 0.3) is 0 Å². The molecular weight excluding hydrogens is 272 g/mol. The fourth-order valence-corrected chi connectivity index (χ4v) is 3.48. The van der Waals surface area contributed by atoms with Gasteiger partial charge in [-0.1, -0.05) is 11.6 Å². The van der Waals surface area contributed by atoms with Gasteiger partial charge < -0.3 is 15.4 Å². The van der Waals surface area contributed by atoms with E-state index in [1.54, 1.807) is 18.2 Å². The molecule has 1 aromatic rings. The lowest BCUT2D eigenvalue weighted by Crippen LogP contribution is -2.42. The second-order valence-electron chi connectivity index (χ2n) is 4.45. The highest BCUT2D eigenvalue weighted by Gasteiger charge is 2.21. The molecule has 2 N–H and O–H groups in total. The average Bonchev–Trinajstić information content (AvgIpc) is 2.32. The molecule has 1 heterocycles. The van der Waals surface area contributed by atoms with Crippen molar-refractivity contribution < 1.29 is 8.95 Å². The molecule has 2 rings (SSSR count). The predicted octanol–water partition coefficient (Wildman–Crippen LogP) is 1.36. The Bertz CT molecular complexity index is 456. The van der Waals surface area contributed by atoms with Crippen LogP contribution in [0.3, 0.4) is 0 Å². The van der Waals surface area contributed by atoms with Crippen molar-refractivity contribution in [1.29, 1.82) is 0 Å². The first kappa shape index (κ1) is 13.8. The van der Waals surface area contributed by atoms with E-state index in [1.165, 1.54) is 0 Å². The highest BCUT2D eigenvalue weighted by molar-refractivity contribution is 7.85. The highest BCUT2D eigenvalue weighted by Crippen LogP contribution is 2.22. The molecule has 1 aromatic carbocycles. The minimum Gasteiger partial charge on any atom is -0.398 e. The number of ether oxygens (including phenoxy) is 1. The van der Waals surface area contributed by atoms with E-state index in [0.29, 0.717) is 28.0 Å². The minimum absolute atomic E-state index is 0.0111. The standard InChI is InChI=1S/C12H17ClN2O2S/c1-15-4-5-17-10(7-15)8-18(16)12-6-9(13)2-3-11(12)14/h2-3,6,10H,4-5,7-8,14H2,1H3. The smallest absolute Gasteiger partial charge is 0.0821 e. The van der Waals surface area contributed by atoms with Crippen LogP contribution in [0, 0.1) is 0 Å². The molecule has 0 bridgehead atoms. The Morgan fingerprint density at radius 2 is 2.39 bits per heavy atom. The summed E-state index contributed by atoms with van der Waals surface area (Å²) in [5.74, 6) is 0.453. The summed E-state index contributed by atoms with van der Waals surface area (Å²) >= 11 is 5.90. The second kappa shape index (κ2) is 6.02. The Morgan fingerprint density at radius 3 is 3.11 bits per heavy atom. The third-order valence-corrected chi connectivity index (χ3v) is 4.65. The molecule has 2 unspecified atom stereocenters. The van der Waals surface area contributed by atoms with Crippen molar-refractivity contribution in [2.75, 3.05) is 38.2 Å². The van der Waals surface area contributed by atoms with Crippen LogP contribution in [0.5, 0.6) is 0 Å². The molecule has 1 saturated heterocycles. The van der Waals surface area contributed by atoms with Crippen molar-refractivity contribution in [3.63, 3.8) is 0 Å². The van der Waals surface area contributed by atoms with Crippen LogP contribution in [0.1, 0.15) is 0 Å². The van der Waals surface area contributed by atoms with Gasteiger partial charge in [0.05, 0.1) is 34.2 Å². The summed E-state index contributed by atoms with van der Waals surface area (Å²) in [6, 6.07) is 5.05. The molecule has 1 fully saturated rings. The molecular formula is C12H17ClN2O2S. The fraction of sp³-hybridized carbons (Fsp3) is 0.500. The molecule has 0 spiro atoms. The number of hydrogen-bond acceptors (Lipinski definition) is 4. The zero-order chi connectivity index (χ0) is 13.1. The molecule has 100 valence electrons. The lowest BCUT2D eigenvalue weighted by molar-refractivity contribution is -0.00640. The monoisotopic (exact) mass is 288 g/mol. The Labute approximate surface area is 115 Å². The summed E-state index contributed by atoms with van der Waals surface area (Å²) in [4.78, 5) is 2.77. The van der Waals surface area contributed by atoms with Crippen LogP contribution < -0.4 is 5.73 Å². The van der Waals surface area contributed by atoms with Gasteiger partial charge in [0.1, 0.15) is 0 Å². The summed E-state index contributed by atoms with van der Waals surface area (Å²) in [6.07, 6.45) is -0.0111. The number of likely N-dealkylation sites (N-methyl/N-ethyl adjacent to an activating group) is 1. The molecule has 6 heteroatoms. The summed E-state index contributed by atoms with van der Waals surface area (Å²) in [6.45, 7) is 2.40. The SMILES string of the molecule is CN1CCOC(CS(=O)c2cc(Cl)ccc2N)C1. The molecule has 4 nitrogen and oxygen atoms in total. The molecule has 0 radical (unpaired) electrons. The summed E-state index contributed by atoms with van der Waals surface area (Å²) < 4.78 is 17.9.